The van der Waals surface area contributed by atoms with Gasteiger partial charge in [-0.2, -0.15) is 0 Å². The molecule has 3 rings (SSSR count). The Morgan fingerprint density at radius 2 is 2.40 bits per heavy atom. The van der Waals surface area contributed by atoms with Crippen LogP contribution in [0.2, 0.25) is 0 Å². The number of likely N-dealkylation sites (tertiary alicyclic amines) is 1. The van der Waals surface area contributed by atoms with E-state index in [1.54, 1.807) is 22.7 Å². The minimum Gasteiger partial charge on any atom is -0.365 e. The van der Waals surface area contributed by atoms with Crippen molar-refractivity contribution in [2.24, 2.45) is 5.92 Å². The molecule has 2 aromatic rings. The fourth-order valence-electron chi connectivity index (χ4n) is 2.78. The second-order valence-electron chi connectivity index (χ2n) is 5.26. The first kappa shape index (κ1) is 14.0. The molecule has 0 spiro atoms. The standard InChI is InChI=1S/C14H20N4S2/c1-15-14-17-8-12(20-14)10-18-5-2-3-11(9-18)7-13-16-4-6-19-13/h4,6,8,11H,2-3,5,7,9-10H2,1H3,(H,15,17). The number of nitrogens with one attached hydrogen (secondary N) is 1. The largest absolute Gasteiger partial charge is 0.365 e. The van der Waals surface area contributed by atoms with Gasteiger partial charge in [0.1, 0.15) is 0 Å². The van der Waals surface area contributed by atoms with E-state index in [1.807, 2.05) is 19.4 Å². The molecule has 0 radical (unpaired) electrons. The Kier molecular flexibility index (Phi) is 4.65. The van der Waals surface area contributed by atoms with E-state index in [1.165, 1.54) is 35.8 Å². The van der Waals surface area contributed by atoms with Crippen LogP contribution in [-0.4, -0.2) is 35.0 Å². The predicted octanol–water partition coefficient (Wildman–Crippen LogP) is 3.10. The van der Waals surface area contributed by atoms with Gasteiger partial charge in [0.15, 0.2) is 5.13 Å². The summed E-state index contributed by atoms with van der Waals surface area (Å²) < 4.78 is 0. The number of piperidine rings is 1. The summed E-state index contributed by atoms with van der Waals surface area (Å²) in [5, 5.41) is 7.48. The molecule has 1 N–H and O–H groups in total. The van der Waals surface area contributed by atoms with Crippen molar-refractivity contribution in [3.63, 3.8) is 0 Å². The Morgan fingerprint density at radius 1 is 1.45 bits per heavy atom. The van der Waals surface area contributed by atoms with Crippen molar-refractivity contribution in [2.75, 3.05) is 25.5 Å². The normalized spacial score (nSPS) is 20.1. The summed E-state index contributed by atoms with van der Waals surface area (Å²) in [7, 11) is 1.92. The number of anilines is 1. The molecule has 1 unspecified atom stereocenters. The lowest BCUT2D eigenvalue weighted by atomic mass is 9.95. The highest BCUT2D eigenvalue weighted by molar-refractivity contribution is 7.15. The van der Waals surface area contributed by atoms with Crippen molar-refractivity contribution in [2.45, 2.75) is 25.8 Å². The summed E-state index contributed by atoms with van der Waals surface area (Å²) in [5.41, 5.74) is 0. The Balaban J connectivity index is 1.54. The summed E-state index contributed by atoms with van der Waals surface area (Å²) in [6.45, 7) is 3.43. The first-order valence-electron chi connectivity index (χ1n) is 7.06. The zero-order valence-corrected chi connectivity index (χ0v) is 13.3. The van der Waals surface area contributed by atoms with Crippen LogP contribution in [0.5, 0.6) is 0 Å². The number of aromatic nitrogens is 2. The molecule has 1 aliphatic rings. The Morgan fingerprint density at radius 3 is 3.15 bits per heavy atom. The molecule has 1 atom stereocenters. The molecule has 2 aromatic heterocycles. The fourth-order valence-corrected chi connectivity index (χ4v) is 4.32. The van der Waals surface area contributed by atoms with Crippen molar-refractivity contribution in [1.82, 2.24) is 14.9 Å². The molecular formula is C14H20N4S2. The van der Waals surface area contributed by atoms with Gasteiger partial charge in [0, 0.05) is 49.2 Å². The third-order valence-corrected chi connectivity index (χ3v) is 5.50. The lowest BCUT2D eigenvalue weighted by Crippen LogP contribution is -2.35. The molecular weight excluding hydrogens is 288 g/mol. The van der Waals surface area contributed by atoms with Gasteiger partial charge in [-0.15, -0.1) is 22.7 Å². The second-order valence-corrected chi connectivity index (χ2v) is 7.35. The number of hydrogen-bond acceptors (Lipinski definition) is 6. The van der Waals surface area contributed by atoms with Gasteiger partial charge >= 0.3 is 0 Å². The van der Waals surface area contributed by atoms with Crippen LogP contribution in [0.15, 0.2) is 17.8 Å². The second kappa shape index (κ2) is 6.65. The number of nitrogens with zero attached hydrogens (tertiary/aromatic N) is 3. The molecule has 3 heterocycles. The Bertz CT molecular complexity index is 523. The molecule has 4 nitrogen and oxygen atoms in total. The quantitative estimate of drug-likeness (QED) is 0.921. The molecule has 1 saturated heterocycles. The van der Waals surface area contributed by atoms with Crippen LogP contribution < -0.4 is 5.32 Å². The van der Waals surface area contributed by atoms with Crippen molar-refractivity contribution in [1.29, 1.82) is 0 Å². The lowest BCUT2D eigenvalue weighted by molar-refractivity contribution is 0.168. The minimum absolute atomic E-state index is 0.756. The van der Waals surface area contributed by atoms with E-state index in [2.05, 4.69) is 25.6 Å². The maximum Gasteiger partial charge on any atom is 0.182 e. The van der Waals surface area contributed by atoms with Gasteiger partial charge < -0.3 is 5.32 Å². The fraction of sp³-hybridized carbons (Fsp3) is 0.571. The van der Waals surface area contributed by atoms with E-state index in [0.29, 0.717) is 0 Å². The van der Waals surface area contributed by atoms with Gasteiger partial charge in [0.05, 0.1) is 5.01 Å². The van der Waals surface area contributed by atoms with Crippen molar-refractivity contribution in [3.05, 3.63) is 27.7 Å². The first-order valence-corrected chi connectivity index (χ1v) is 8.76. The van der Waals surface area contributed by atoms with Crippen LogP contribution in [0, 0.1) is 5.92 Å². The van der Waals surface area contributed by atoms with E-state index >= 15 is 0 Å². The maximum atomic E-state index is 4.42. The summed E-state index contributed by atoms with van der Waals surface area (Å²) in [4.78, 5) is 12.7. The van der Waals surface area contributed by atoms with Gasteiger partial charge in [-0.05, 0) is 25.3 Å². The minimum atomic E-state index is 0.756. The molecule has 1 fully saturated rings. The monoisotopic (exact) mass is 308 g/mol. The van der Waals surface area contributed by atoms with Crippen LogP contribution in [-0.2, 0) is 13.0 Å². The van der Waals surface area contributed by atoms with Gasteiger partial charge in [-0.3, -0.25) is 4.90 Å². The topological polar surface area (TPSA) is 41.1 Å². The third-order valence-electron chi connectivity index (χ3n) is 3.70. The lowest BCUT2D eigenvalue weighted by Gasteiger charge is -2.31. The van der Waals surface area contributed by atoms with Crippen LogP contribution in [0.4, 0.5) is 5.13 Å². The summed E-state index contributed by atoms with van der Waals surface area (Å²) in [6, 6.07) is 0. The van der Waals surface area contributed by atoms with Crippen LogP contribution in [0.1, 0.15) is 22.7 Å². The zero-order chi connectivity index (χ0) is 13.8. The van der Waals surface area contributed by atoms with Crippen LogP contribution in [0.3, 0.4) is 0 Å². The van der Waals surface area contributed by atoms with Crippen molar-refractivity contribution >= 4 is 27.8 Å². The van der Waals surface area contributed by atoms with Crippen molar-refractivity contribution in [3.8, 4) is 0 Å². The SMILES string of the molecule is CNc1ncc(CN2CCCC(Cc3nccs3)C2)s1. The molecule has 0 bridgehead atoms. The third kappa shape index (κ3) is 3.56. The summed E-state index contributed by atoms with van der Waals surface area (Å²) in [6.07, 6.45) is 7.69. The van der Waals surface area contributed by atoms with Crippen LogP contribution in [0.25, 0.3) is 0 Å². The number of thiazole rings is 2. The highest BCUT2D eigenvalue weighted by Crippen LogP contribution is 2.25. The molecule has 108 valence electrons. The van der Waals surface area contributed by atoms with Gasteiger partial charge in [-0.1, -0.05) is 0 Å². The average molecular weight is 308 g/mol. The molecule has 0 aromatic carbocycles. The Labute approximate surface area is 127 Å². The average Bonchev–Trinajstić information content (AvgIpc) is 3.11. The smallest absolute Gasteiger partial charge is 0.182 e. The van der Waals surface area contributed by atoms with E-state index in [9.17, 15) is 0 Å². The molecule has 0 aliphatic carbocycles. The van der Waals surface area contributed by atoms with Crippen molar-refractivity contribution < 1.29 is 0 Å². The molecule has 20 heavy (non-hydrogen) atoms. The van der Waals surface area contributed by atoms with E-state index in [-0.39, 0.29) is 0 Å². The highest BCUT2D eigenvalue weighted by atomic mass is 32.1. The summed E-state index contributed by atoms with van der Waals surface area (Å²) in [5.74, 6) is 0.756. The van der Waals surface area contributed by atoms with E-state index < -0.39 is 0 Å². The predicted molar refractivity (Wildman–Crippen MR) is 85.5 cm³/mol. The number of hydrogen-bond donors (Lipinski definition) is 1. The van der Waals surface area contributed by atoms with E-state index in [0.717, 1.165) is 24.0 Å². The maximum absolute atomic E-state index is 4.42. The molecule has 6 heteroatoms. The molecule has 0 amide bonds. The van der Waals surface area contributed by atoms with Gasteiger partial charge in [0.2, 0.25) is 0 Å². The first-order chi connectivity index (χ1) is 9.83. The zero-order valence-electron chi connectivity index (χ0n) is 11.7. The van der Waals surface area contributed by atoms with Crippen LogP contribution >= 0.6 is 22.7 Å². The van der Waals surface area contributed by atoms with Gasteiger partial charge in [-0.25, -0.2) is 9.97 Å². The Hall–Kier alpha value is -0.980. The van der Waals surface area contributed by atoms with E-state index in [4.69, 9.17) is 0 Å². The summed E-state index contributed by atoms with van der Waals surface area (Å²) >= 11 is 3.54. The molecule has 0 saturated carbocycles. The molecule has 1 aliphatic heterocycles. The number of rotatable bonds is 5. The van der Waals surface area contributed by atoms with Gasteiger partial charge in [0.25, 0.3) is 0 Å². The highest BCUT2D eigenvalue weighted by Gasteiger charge is 2.21.